The molecule has 1 aliphatic carbocycles. The van der Waals surface area contributed by atoms with E-state index in [1.165, 1.54) is 19.3 Å². The molecule has 1 saturated heterocycles. The predicted octanol–water partition coefficient (Wildman–Crippen LogP) is 3.49. The molecule has 2 aromatic rings. The van der Waals surface area contributed by atoms with Gasteiger partial charge in [0.15, 0.2) is 0 Å². The summed E-state index contributed by atoms with van der Waals surface area (Å²) in [6.45, 7) is 2.30. The molecule has 1 saturated carbocycles. The number of hydrazone groups is 1. The summed E-state index contributed by atoms with van der Waals surface area (Å²) < 4.78 is 6.26. The minimum atomic E-state index is -0.137. The highest BCUT2D eigenvalue weighted by Crippen LogP contribution is 2.30. The van der Waals surface area contributed by atoms with Crippen molar-refractivity contribution in [3.63, 3.8) is 0 Å². The molecule has 1 N–H and O–H groups in total. The van der Waals surface area contributed by atoms with Gasteiger partial charge in [-0.25, -0.2) is 5.43 Å². The van der Waals surface area contributed by atoms with Crippen molar-refractivity contribution in [2.75, 3.05) is 13.1 Å². The average Bonchev–Trinajstić information content (AvgIpc) is 2.75. The van der Waals surface area contributed by atoms with Crippen LogP contribution < -0.4 is 10.2 Å². The van der Waals surface area contributed by atoms with E-state index < -0.39 is 0 Å². The molecular weight excluding hydrogens is 376 g/mol. The van der Waals surface area contributed by atoms with Crippen LogP contribution in [0.1, 0.15) is 55.7 Å². The Morgan fingerprint density at radius 1 is 1.00 bits per heavy atom. The van der Waals surface area contributed by atoms with Gasteiger partial charge >= 0.3 is 0 Å². The van der Waals surface area contributed by atoms with Crippen LogP contribution in [0.2, 0.25) is 0 Å². The zero-order valence-electron chi connectivity index (χ0n) is 17.2. The number of nitrogens with one attached hydrogen (secondary N) is 1. The second-order valence-electron chi connectivity index (χ2n) is 8.51. The summed E-state index contributed by atoms with van der Waals surface area (Å²) in [4.78, 5) is 19.0. The smallest absolute Gasteiger partial charge is 0.241 e. The van der Waals surface area contributed by atoms with Gasteiger partial charge in [0.05, 0.1) is 11.6 Å². The Morgan fingerprint density at radius 2 is 1.80 bits per heavy atom. The van der Waals surface area contributed by atoms with Gasteiger partial charge < -0.3 is 9.64 Å². The summed E-state index contributed by atoms with van der Waals surface area (Å²) >= 11 is 0. The van der Waals surface area contributed by atoms with Crippen molar-refractivity contribution in [3.05, 3.63) is 59.9 Å². The van der Waals surface area contributed by atoms with Crippen LogP contribution in [0.25, 0.3) is 0 Å². The topological polar surface area (TPSA) is 66.8 Å². The molecule has 6 heteroatoms. The highest BCUT2D eigenvalue weighted by atomic mass is 16.5. The molecule has 6 nitrogen and oxygen atoms in total. The number of aromatic nitrogens is 1. The maximum Gasteiger partial charge on any atom is 0.241 e. The zero-order valence-corrected chi connectivity index (χ0v) is 17.2. The Morgan fingerprint density at radius 3 is 2.47 bits per heavy atom. The number of carbonyl (C=O) groups excluding carboxylic acids is 1. The number of carbonyl (C=O) groups is 1. The van der Waals surface area contributed by atoms with Crippen LogP contribution in [-0.4, -0.2) is 46.7 Å². The minimum Gasteiger partial charge on any atom is -0.490 e. The summed E-state index contributed by atoms with van der Waals surface area (Å²) in [5, 5.41) is 4.35. The maximum absolute atomic E-state index is 11.9. The first-order valence-corrected chi connectivity index (χ1v) is 11.0. The monoisotopic (exact) mass is 404 g/mol. The van der Waals surface area contributed by atoms with Gasteiger partial charge in [-0.3, -0.25) is 9.78 Å². The largest absolute Gasteiger partial charge is 0.490 e. The lowest BCUT2D eigenvalue weighted by atomic mass is 9.89. The highest BCUT2D eigenvalue weighted by molar-refractivity contribution is 6.08. The van der Waals surface area contributed by atoms with Crippen molar-refractivity contribution in [2.45, 2.75) is 56.6 Å². The Labute approximate surface area is 177 Å². The van der Waals surface area contributed by atoms with Crippen molar-refractivity contribution < 1.29 is 9.53 Å². The number of ether oxygens (including phenoxy) is 1. The average molecular weight is 405 g/mol. The highest BCUT2D eigenvalue weighted by Gasteiger charge is 2.30. The molecule has 3 heterocycles. The summed E-state index contributed by atoms with van der Waals surface area (Å²) in [5.41, 5.74) is 5.31. The molecule has 1 unspecified atom stereocenters. The van der Waals surface area contributed by atoms with E-state index in [-0.39, 0.29) is 11.8 Å². The molecule has 0 spiro atoms. The zero-order chi connectivity index (χ0) is 20.3. The second kappa shape index (κ2) is 8.56. The number of piperidine rings is 1. The number of amides is 1. The number of pyridine rings is 1. The minimum absolute atomic E-state index is 0.0809. The lowest BCUT2D eigenvalue weighted by molar-refractivity contribution is -0.121. The van der Waals surface area contributed by atoms with Gasteiger partial charge in [0.2, 0.25) is 5.91 Å². The van der Waals surface area contributed by atoms with E-state index in [1.807, 2.05) is 42.5 Å². The maximum atomic E-state index is 11.9. The molecule has 30 heavy (non-hydrogen) atoms. The van der Waals surface area contributed by atoms with Crippen LogP contribution in [0.15, 0.2) is 53.8 Å². The van der Waals surface area contributed by atoms with Crippen molar-refractivity contribution in [1.82, 2.24) is 15.3 Å². The van der Waals surface area contributed by atoms with Crippen LogP contribution >= 0.6 is 0 Å². The van der Waals surface area contributed by atoms with Gasteiger partial charge in [0.25, 0.3) is 0 Å². The first-order valence-electron chi connectivity index (χ1n) is 11.0. The number of nitrogens with zero attached hydrogens (tertiary/aromatic N) is 3. The number of benzene rings is 1. The summed E-state index contributed by atoms with van der Waals surface area (Å²) in [7, 11) is 0. The van der Waals surface area contributed by atoms with Gasteiger partial charge in [-0.05, 0) is 67.6 Å². The molecule has 1 aromatic carbocycles. The quantitative estimate of drug-likeness (QED) is 0.829. The molecule has 2 aliphatic heterocycles. The fourth-order valence-corrected chi connectivity index (χ4v) is 4.63. The van der Waals surface area contributed by atoms with Crippen molar-refractivity contribution in [1.29, 1.82) is 0 Å². The summed E-state index contributed by atoms with van der Waals surface area (Å²) in [5.74, 6) is 0.681. The van der Waals surface area contributed by atoms with E-state index in [1.54, 1.807) is 6.20 Å². The third kappa shape index (κ3) is 4.10. The third-order valence-corrected chi connectivity index (χ3v) is 6.59. The Kier molecular flexibility index (Phi) is 5.49. The molecule has 1 atom stereocenters. The lowest BCUT2D eigenvalue weighted by Crippen LogP contribution is -2.46. The number of likely N-dealkylation sites (tertiary alicyclic amines) is 1. The summed E-state index contributed by atoms with van der Waals surface area (Å²) in [6, 6.07) is 14.7. The third-order valence-electron chi connectivity index (χ3n) is 6.59. The Bertz CT molecular complexity index is 901. The van der Waals surface area contributed by atoms with Gasteiger partial charge in [-0.15, -0.1) is 0 Å². The van der Waals surface area contributed by atoms with E-state index in [4.69, 9.17) is 4.74 Å². The van der Waals surface area contributed by atoms with E-state index >= 15 is 0 Å². The predicted molar refractivity (Wildman–Crippen MR) is 116 cm³/mol. The van der Waals surface area contributed by atoms with Crippen LogP contribution in [0.3, 0.4) is 0 Å². The van der Waals surface area contributed by atoms with Crippen LogP contribution in [0, 0.1) is 0 Å². The van der Waals surface area contributed by atoms with Crippen molar-refractivity contribution in [2.24, 2.45) is 5.10 Å². The van der Waals surface area contributed by atoms with Gasteiger partial charge in [0.1, 0.15) is 11.9 Å². The fraction of sp³-hybridized carbons (Fsp3) is 0.458. The van der Waals surface area contributed by atoms with E-state index in [9.17, 15) is 4.79 Å². The van der Waals surface area contributed by atoms with E-state index in [2.05, 4.69) is 20.4 Å². The molecular formula is C24H28N4O2. The number of rotatable bonds is 5. The van der Waals surface area contributed by atoms with Gasteiger partial charge in [0, 0.05) is 37.4 Å². The van der Waals surface area contributed by atoms with Crippen LogP contribution in [0.5, 0.6) is 5.75 Å². The standard InChI is InChI=1S/C24H28N4O2/c29-23-16-21(22-6-1-2-13-25-22)24(27-26-23)17-7-9-19(10-8-17)30-20-11-14-28(15-12-20)18-4-3-5-18/h1-2,6-10,13,18,20-21H,3-5,11-12,14-16H2,(H,26,29). The lowest BCUT2D eigenvalue weighted by Gasteiger charge is -2.41. The SMILES string of the molecule is O=C1CC(c2ccccn2)C(c2ccc(OC3CCN(C4CCC4)CC3)cc2)=NN1. The van der Waals surface area contributed by atoms with E-state index in [0.717, 1.165) is 54.7 Å². The molecule has 2 fully saturated rings. The van der Waals surface area contributed by atoms with Crippen molar-refractivity contribution in [3.8, 4) is 5.75 Å². The van der Waals surface area contributed by atoms with Crippen LogP contribution in [-0.2, 0) is 4.79 Å². The molecule has 156 valence electrons. The number of hydrogen-bond donors (Lipinski definition) is 1. The molecule has 5 rings (SSSR count). The molecule has 1 amide bonds. The van der Waals surface area contributed by atoms with Gasteiger partial charge in [-0.2, -0.15) is 5.10 Å². The normalized spacial score (nSPS) is 23.4. The Balaban J connectivity index is 1.24. The summed E-state index contributed by atoms with van der Waals surface area (Å²) in [6.07, 6.45) is 8.73. The molecule has 0 radical (unpaired) electrons. The second-order valence-corrected chi connectivity index (χ2v) is 8.51. The first-order chi connectivity index (χ1) is 14.8. The van der Waals surface area contributed by atoms with Crippen molar-refractivity contribution >= 4 is 11.6 Å². The van der Waals surface area contributed by atoms with Gasteiger partial charge in [-0.1, -0.05) is 12.5 Å². The molecule has 1 aromatic heterocycles. The number of hydrogen-bond acceptors (Lipinski definition) is 5. The first kappa shape index (κ1) is 19.2. The fourth-order valence-electron chi connectivity index (χ4n) is 4.63. The molecule has 0 bridgehead atoms. The Hall–Kier alpha value is -2.73. The van der Waals surface area contributed by atoms with E-state index in [0.29, 0.717) is 12.5 Å². The molecule has 3 aliphatic rings. The van der Waals surface area contributed by atoms with Crippen LogP contribution in [0.4, 0.5) is 0 Å².